The van der Waals surface area contributed by atoms with Gasteiger partial charge in [-0.05, 0) is 34.8 Å². The number of benzene rings is 3. The third-order valence-electron chi connectivity index (χ3n) is 7.72. The van der Waals surface area contributed by atoms with Crippen LogP contribution >= 0.6 is 0 Å². The number of ether oxygens (including phenoxy) is 1. The molecule has 36 heavy (non-hydrogen) atoms. The number of carbonyl (C=O) groups is 1. The molecule has 3 aromatic carbocycles. The highest BCUT2D eigenvalue weighted by Crippen LogP contribution is 2.41. The second-order valence-corrected chi connectivity index (χ2v) is 14.6. The predicted octanol–water partition coefficient (Wildman–Crippen LogP) is 7.86. The van der Waals surface area contributed by atoms with Crippen LogP contribution in [0.5, 0.6) is 0 Å². The summed E-state index contributed by atoms with van der Waals surface area (Å²) in [7, 11) is -1.90. The molecule has 3 atom stereocenters. The van der Waals surface area contributed by atoms with Crippen LogP contribution < -0.4 is 0 Å². The molecule has 0 amide bonds. The molecule has 0 saturated heterocycles. The molecule has 192 valence electrons. The standard InChI is InChI=1S/C32H42O3Si/c1-6-36(7-2,8-3)35-31(26(4)24-33)27(5)25-34-32(28-18-12-9-13-19-28,29-20-14-10-15-21-29)30-22-16-11-17-23-30/h9-24,26-27,31H,6-8,25H2,1-5H3/t26-,27-,31-/m0/s1. The Hall–Kier alpha value is -2.53. The molecule has 0 unspecified atom stereocenters. The Bertz CT molecular complexity index is 930. The van der Waals surface area contributed by atoms with Crippen LogP contribution in [-0.2, 0) is 19.6 Å². The van der Waals surface area contributed by atoms with E-state index in [9.17, 15) is 4.79 Å². The lowest BCUT2D eigenvalue weighted by Crippen LogP contribution is -2.46. The van der Waals surface area contributed by atoms with Gasteiger partial charge in [0.1, 0.15) is 11.9 Å². The zero-order valence-corrected chi connectivity index (χ0v) is 23.5. The molecule has 0 aliphatic carbocycles. The molecule has 0 aromatic heterocycles. The van der Waals surface area contributed by atoms with Crippen molar-refractivity contribution in [1.29, 1.82) is 0 Å². The van der Waals surface area contributed by atoms with Crippen molar-refractivity contribution in [2.75, 3.05) is 6.61 Å². The summed E-state index contributed by atoms with van der Waals surface area (Å²) in [4.78, 5) is 12.0. The third-order valence-corrected chi connectivity index (χ3v) is 12.4. The number of hydrogen-bond acceptors (Lipinski definition) is 3. The Labute approximate surface area is 219 Å². The van der Waals surface area contributed by atoms with Crippen LogP contribution in [0.15, 0.2) is 91.0 Å². The molecule has 3 nitrogen and oxygen atoms in total. The second-order valence-electron chi connectivity index (χ2n) is 9.89. The molecule has 0 bridgehead atoms. The van der Waals surface area contributed by atoms with Gasteiger partial charge in [0.2, 0.25) is 0 Å². The van der Waals surface area contributed by atoms with Crippen molar-refractivity contribution in [1.82, 2.24) is 0 Å². The van der Waals surface area contributed by atoms with Gasteiger partial charge in [-0.25, -0.2) is 0 Å². The van der Waals surface area contributed by atoms with E-state index in [1.54, 1.807) is 0 Å². The fourth-order valence-corrected chi connectivity index (χ4v) is 8.25. The van der Waals surface area contributed by atoms with E-state index in [2.05, 4.69) is 100 Å². The van der Waals surface area contributed by atoms with Crippen molar-refractivity contribution in [2.24, 2.45) is 11.8 Å². The summed E-state index contributed by atoms with van der Waals surface area (Å²) in [6.07, 6.45) is 0.870. The van der Waals surface area contributed by atoms with Gasteiger partial charge in [-0.1, -0.05) is 126 Å². The van der Waals surface area contributed by atoms with Gasteiger partial charge in [0.05, 0.1) is 12.7 Å². The number of hydrogen-bond donors (Lipinski definition) is 0. The highest BCUT2D eigenvalue weighted by Gasteiger charge is 2.40. The first-order chi connectivity index (χ1) is 17.5. The summed E-state index contributed by atoms with van der Waals surface area (Å²) in [6, 6.07) is 34.4. The quantitative estimate of drug-likeness (QED) is 0.128. The monoisotopic (exact) mass is 502 g/mol. The Morgan fingerprint density at radius 3 is 1.44 bits per heavy atom. The molecule has 4 heteroatoms. The van der Waals surface area contributed by atoms with E-state index in [0.717, 1.165) is 41.1 Å². The minimum absolute atomic E-state index is 0.0391. The van der Waals surface area contributed by atoms with Crippen molar-refractivity contribution >= 4 is 14.6 Å². The first-order valence-corrected chi connectivity index (χ1v) is 15.9. The summed E-state index contributed by atoms with van der Waals surface area (Å²) < 4.78 is 14.0. The van der Waals surface area contributed by atoms with Gasteiger partial charge in [-0.15, -0.1) is 0 Å². The van der Waals surface area contributed by atoms with Crippen LogP contribution in [-0.4, -0.2) is 27.3 Å². The van der Waals surface area contributed by atoms with Gasteiger partial charge in [-0.2, -0.15) is 0 Å². The summed E-state index contributed by atoms with van der Waals surface area (Å²) in [5.74, 6) is -0.156. The van der Waals surface area contributed by atoms with Crippen molar-refractivity contribution in [2.45, 2.75) is 64.5 Å². The van der Waals surface area contributed by atoms with Crippen LogP contribution in [0.2, 0.25) is 18.1 Å². The smallest absolute Gasteiger partial charge is 0.192 e. The molecule has 0 spiro atoms. The second kappa shape index (κ2) is 13.1. The van der Waals surface area contributed by atoms with E-state index in [-0.39, 0.29) is 17.9 Å². The van der Waals surface area contributed by atoms with Gasteiger partial charge in [0.25, 0.3) is 0 Å². The van der Waals surface area contributed by atoms with Gasteiger partial charge in [0, 0.05) is 11.8 Å². The number of aldehydes is 1. The lowest BCUT2D eigenvalue weighted by Gasteiger charge is -2.40. The summed E-state index contributed by atoms with van der Waals surface area (Å²) in [5.41, 5.74) is 2.46. The lowest BCUT2D eigenvalue weighted by molar-refractivity contribution is -0.115. The summed E-state index contributed by atoms with van der Waals surface area (Å²) in [5, 5.41) is 0. The first-order valence-electron chi connectivity index (χ1n) is 13.4. The van der Waals surface area contributed by atoms with Crippen LogP contribution in [0.4, 0.5) is 0 Å². The van der Waals surface area contributed by atoms with E-state index >= 15 is 0 Å². The highest BCUT2D eigenvalue weighted by molar-refractivity contribution is 6.73. The molecule has 0 saturated carbocycles. The van der Waals surface area contributed by atoms with Crippen LogP contribution in [0.3, 0.4) is 0 Å². The maximum Gasteiger partial charge on any atom is 0.192 e. The van der Waals surface area contributed by atoms with Crippen molar-refractivity contribution in [3.05, 3.63) is 108 Å². The van der Waals surface area contributed by atoms with Crippen molar-refractivity contribution < 1.29 is 14.0 Å². The van der Waals surface area contributed by atoms with Gasteiger partial charge in [-0.3, -0.25) is 0 Å². The molecule has 0 fully saturated rings. The average molecular weight is 503 g/mol. The first kappa shape index (κ1) is 28.0. The maximum absolute atomic E-state index is 12.0. The lowest BCUT2D eigenvalue weighted by atomic mass is 9.80. The van der Waals surface area contributed by atoms with Crippen LogP contribution in [0.1, 0.15) is 51.3 Å². The molecule has 3 aromatic rings. The molecule has 3 rings (SSSR count). The number of rotatable bonds is 14. The Morgan fingerprint density at radius 2 is 1.11 bits per heavy atom. The minimum Gasteiger partial charge on any atom is -0.413 e. The topological polar surface area (TPSA) is 35.5 Å². The SMILES string of the molecule is CC[Si](CC)(CC)O[C@@H]([C@@H](C)C=O)[C@@H](C)COC(c1ccccc1)(c1ccccc1)c1ccccc1. The average Bonchev–Trinajstić information content (AvgIpc) is 2.95. The Morgan fingerprint density at radius 1 is 0.722 bits per heavy atom. The minimum atomic E-state index is -1.90. The molecule has 0 aliphatic rings. The Balaban J connectivity index is 2.04. The zero-order chi connectivity index (χ0) is 26.0. The van der Waals surface area contributed by atoms with E-state index in [0.29, 0.717) is 6.61 Å². The molecule has 0 heterocycles. The van der Waals surface area contributed by atoms with Gasteiger partial charge >= 0.3 is 0 Å². The summed E-state index contributed by atoms with van der Waals surface area (Å²) >= 11 is 0. The predicted molar refractivity (Wildman–Crippen MR) is 152 cm³/mol. The van der Waals surface area contributed by atoms with E-state index < -0.39 is 13.9 Å². The van der Waals surface area contributed by atoms with E-state index in [1.165, 1.54) is 0 Å². The van der Waals surface area contributed by atoms with Gasteiger partial charge < -0.3 is 14.0 Å². The fourth-order valence-electron chi connectivity index (χ4n) is 5.23. The molecular weight excluding hydrogens is 460 g/mol. The largest absolute Gasteiger partial charge is 0.413 e. The zero-order valence-electron chi connectivity index (χ0n) is 22.5. The van der Waals surface area contributed by atoms with Crippen molar-refractivity contribution in [3.63, 3.8) is 0 Å². The fraction of sp³-hybridized carbons (Fsp3) is 0.406. The van der Waals surface area contributed by atoms with Crippen molar-refractivity contribution in [3.8, 4) is 0 Å². The molecule has 0 radical (unpaired) electrons. The van der Waals surface area contributed by atoms with E-state index in [4.69, 9.17) is 9.16 Å². The normalized spacial score (nSPS) is 14.7. The number of carbonyl (C=O) groups excluding carboxylic acids is 1. The van der Waals surface area contributed by atoms with Crippen LogP contribution in [0.25, 0.3) is 0 Å². The van der Waals surface area contributed by atoms with E-state index in [1.807, 2.05) is 25.1 Å². The summed E-state index contributed by atoms with van der Waals surface area (Å²) in [6.45, 7) is 11.3. The third kappa shape index (κ3) is 6.05. The van der Waals surface area contributed by atoms with Crippen LogP contribution in [0, 0.1) is 11.8 Å². The Kier molecular flexibility index (Phi) is 10.2. The molecular formula is C32H42O3Si. The van der Waals surface area contributed by atoms with Gasteiger partial charge in [0.15, 0.2) is 8.32 Å². The molecule has 0 aliphatic heterocycles. The molecule has 0 N–H and O–H groups in total. The maximum atomic E-state index is 12.0. The highest BCUT2D eigenvalue weighted by atomic mass is 28.4.